The van der Waals surface area contributed by atoms with Crippen molar-refractivity contribution < 1.29 is 19.1 Å². The first-order valence-electron chi connectivity index (χ1n) is 8.92. The summed E-state index contributed by atoms with van der Waals surface area (Å²) in [6, 6.07) is 11.9. The Bertz CT molecular complexity index is 1090. The maximum absolute atomic E-state index is 12.3. The van der Waals surface area contributed by atoms with Crippen LogP contribution in [0.1, 0.15) is 16.7 Å². The first kappa shape index (κ1) is 21.0. The highest BCUT2D eigenvalue weighted by atomic mass is 35.5. The minimum absolute atomic E-state index is 0.114. The van der Waals surface area contributed by atoms with Gasteiger partial charge in [0.15, 0.2) is 11.5 Å². The number of hydrogen-bond donors (Lipinski definition) is 1. The molecule has 1 N–H and O–H groups in total. The highest BCUT2D eigenvalue weighted by Crippen LogP contribution is 2.37. The molecule has 0 radical (unpaired) electrons. The molecule has 1 saturated heterocycles. The van der Waals surface area contributed by atoms with Crippen LogP contribution < -0.4 is 14.8 Å². The molecule has 0 unspecified atom stereocenters. The van der Waals surface area contributed by atoms with Gasteiger partial charge in [0.2, 0.25) is 0 Å². The Kier molecular flexibility index (Phi) is 6.40. The Labute approximate surface area is 178 Å². The summed E-state index contributed by atoms with van der Waals surface area (Å²) < 4.78 is 11.2. The van der Waals surface area contributed by atoms with E-state index < -0.39 is 11.9 Å². The van der Waals surface area contributed by atoms with E-state index in [0.29, 0.717) is 28.2 Å². The predicted octanol–water partition coefficient (Wildman–Crippen LogP) is 3.88. The zero-order chi connectivity index (χ0) is 21.7. The third-order valence-electron chi connectivity index (χ3n) is 4.35. The van der Waals surface area contributed by atoms with Gasteiger partial charge >= 0.3 is 6.03 Å². The normalized spacial score (nSPS) is 14.4. The van der Waals surface area contributed by atoms with Crippen molar-refractivity contribution in [2.45, 2.75) is 6.61 Å². The van der Waals surface area contributed by atoms with Gasteiger partial charge in [-0.05, 0) is 29.8 Å². The molecule has 2 aromatic carbocycles. The summed E-state index contributed by atoms with van der Waals surface area (Å²) in [6.45, 7) is 3.78. The first-order valence-corrected chi connectivity index (χ1v) is 9.30. The molecule has 8 heteroatoms. The number of amides is 3. The Morgan fingerprint density at radius 1 is 1.30 bits per heavy atom. The summed E-state index contributed by atoms with van der Waals surface area (Å²) in [7, 11) is 1.47. The number of nitrogens with zero attached hydrogens (tertiary/aromatic N) is 2. The average molecular weight is 424 g/mol. The summed E-state index contributed by atoms with van der Waals surface area (Å²) in [5.41, 5.74) is 1.89. The molecule has 3 amide bonds. The van der Waals surface area contributed by atoms with E-state index in [1.165, 1.54) is 19.3 Å². The first-order chi connectivity index (χ1) is 14.5. The van der Waals surface area contributed by atoms with Crippen LogP contribution in [0.4, 0.5) is 4.79 Å². The summed E-state index contributed by atoms with van der Waals surface area (Å²) >= 11 is 6.39. The lowest BCUT2D eigenvalue weighted by molar-refractivity contribution is -0.122. The van der Waals surface area contributed by atoms with Crippen LogP contribution >= 0.6 is 11.6 Å². The topological polar surface area (TPSA) is 91.7 Å². The summed E-state index contributed by atoms with van der Waals surface area (Å²) in [4.78, 5) is 25.3. The van der Waals surface area contributed by atoms with E-state index >= 15 is 0 Å². The van der Waals surface area contributed by atoms with Gasteiger partial charge in [0, 0.05) is 12.1 Å². The number of urea groups is 1. The molecule has 1 heterocycles. The van der Waals surface area contributed by atoms with Gasteiger partial charge in [0.05, 0.1) is 23.8 Å². The number of nitrogens with one attached hydrogen (secondary N) is 1. The quantitative estimate of drug-likeness (QED) is 0.414. The van der Waals surface area contributed by atoms with E-state index in [-0.39, 0.29) is 23.9 Å². The Morgan fingerprint density at radius 2 is 2.07 bits per heavy atom. The third-order valence-corrected chi connectivity index (χ3v) is 4.63. The van der Waals surface area contributed by atoms with E-state index in [1.807, 2.05) is 6.07 Å². The van der Waals surface area contributed by atoms with Gasteiger partial charge in [-0.15, -0.1) is 6.58 Å². The minimum Gasteiger partial charge on any atom is -0.493 e. The van der Waals surface area contributed by atoms with Crippen LogP contribution in [0.25, 0.3) is 6.08 Å². The van der Waals surface area contributed by atoms with Crippen molar-refractivity contribution in [1.29, 1.82) is 5.26 Å². The van der Waals surface area contributed by atoms with Crippen LogP contribution in [-0.4, -0.2) is 30.5 Å². The SMILES string of the molecule is C=CCN1C(=O)N/C(=C/c2cc(Cl)c(OCc3ccccc3C#N)c(OC)c2)C1=O. The van der Waals surface area contributed by atoms with E-state index in [0.717, 1.165) is 4.90 Å². The van der Waals surface area contributed by atoms with E-state index in [1.54, 1.807) is 30.3 Å². The van der Waals surface area contributed by atoms with E-state index in [2.05, 4.69) is 18.0 Å². The summed E-state index contributed by atoms with van der Waals surface area (Å²) in [5.74, 6) is 0.205. The molecule has 0 atom stereocenters. The molecule has 2 aromatic rings. The number of methoxy groups -OCH3 is 1. The monoisotopic (exact) mass is 423 g/mol. The number of carbonyl (C=O) groups excluding carboxylic acids is 2. The predicted molar refractivity (Wildman–Crippen MR) is 112 cm³/mol. The van der Waals surface area contributed by atoms with E-state index in [9.17, 15) is 14.9 Å². The molecule has 3 rings (SSSR count). The van der Waals surface area contributed by atoms with Crippen LogP contribution in [-0.2, 0) is 11.4 Å². The number of halogens is 1. The molecule has 7 nitrogen and oxygen atoms in total. The van der Waals surface area contributed by atoms with Gasteiger partial charge in [-0.1, -0.05) is 35.9 Å². The highest BCUT2D eigenvalue weighted by Gasteiger charge is 2.32. The standard InChI is InChI=1S/C22H18ClN3O4/c1-3-8-26-21(27)18(25-22(26)28)10-14-9-17(23)20(19(11-14)29-2)30-13-16-7-5-4-6-15(16)12-24/h3-7,9-11H,1,8,13H2,2H3,(H,25,28)/b18-10+. The molecule has 0 saturated carbocycles. The van der Waals surface area contributed by atoms with Crippen LogP contribution in [0.5, 0.6) is 11.5 Å². The molecule has 0 aliphatic carbocycles. The van der Waals surface area contributed by atoms with Crippen molar-refractivity contribution in [2.75, 3.05) is 13.7 Å². The molecule has 1 aliphatic rings. The lowest BCUT2D eigenvalue weighted by atomic mass is 10.1. The largest absolute Gasteiger partial charge is 0.493 e. The fourth-order valence-corrected chi connectivity index (χ4v) is 3.18. The second-order valence-electron chi connectivity index (χ2n) is 6.28. The summed E-state index contributed by atoms with van der Waals surface area (Å²) in [6.07, 6.45) is 2.98. The van der Waals surface area contributed by atoms with Gasteiger partial charge in [0.25, 0.3) is 5.91 Å². The van der Waals surface area contributed by atoms with Crippen LogP contribution in [0.2, 0.25) is 5.02 Å². The van der Waals surface area contributed by atoms with E-state index in [4.69, 9.17) is 21.1 Å². The van der Waals surface area contributed by atoms with Crippen molar-refractivity contribution in [2.24, 2.45) is 0 Å². The fourth-order valence-electron chi connectivity index (χ4n) is 2.90. The van der Waals surface area contributed by atoms with Gasteiger partial charge in [-0.2, -0.15) is 5.26 Å². The molecule has 152 valence electrons. The Morgan fingerprint density at radius 3 is 2.77 bits per heavy atom. The van der Waals surface area contributed by atoms with Crippen molar-refractivity contribution in [3.05, 3.63) is 76.5 Å². The van der Waals surface area contributed by atoms with Crippen LogP contribution in [0.3, 0.4) is 0 Å². The molecule has 0 spiro atoms. The van der Waals surface area contributed by atoms with Gasteiger partial charge < -0.3 is 14.8 Å². The smallest absolute Gasteiger partial charge is 0.329 e. The Hall–Kier alpha value is -3.76. The van der Waals surface area contributed by atoms with Gasteiger partial charge in [-0.25, -0.2) is 4.79 Å². The van der Waals surface area contributed by atoms with Crippen LogP contribution in [0, 0.1) is 11.3 Å². The second-order valence-corrected chi connectivity index (χ2v) is 6.69. The van der Waals surface area contributed by atoms with Gasteiger partial charge in [-0.3, -0.25) is 9.69 Å². The molecule has 0 aromatic heterocycles. The average Bonchev–Trinajstić information content (AvgIpc) is 3.00. The van der Waals surface area contributed by atoms with Gasteiger partial charge in [0.1, 0.15) is 12.3 Å². The highest BCUT2D eigenvalue weighted by molar-refractivity contribution is 6.32. The second kappa shape index (κ2) is 9.16. The maximum atomic E-state index is 12.3. The molecule has 30 heavy (non-hydrogen) atoms. The lowest BCUT2D eigenvalue weighted by Crippen LogP contribution is -2.30. The molecular weight excluding hydrogens is 406 g/mol. The Balaban J connectivity index is 1.86. The number of carbonyl (C=O) groups is 2. The molecule has 1 aliphatic heterocycles. The lowest BCUT2D eigenvalue weighted by Gasteiger charge is -2.14. The molecule has 1 fully saturated rings. The number of nitriles is 1. The summed E-state index contributed by atoms with van der Waals surface area (Å²) in [5, 5.41) is 12.0. The van der Waals surface area contributed by atoms with Crippen molar-refractivity contribution in [3.63, 3.8) is 0 Å². The molecule has 0 bridgehead atoms. The number of benzene rings is 2. The number of rotatable bonds is 7. The van der Waals surface area contributed by atoms with Crippen molar-refractivity contribution >= 4 is 29.6 Å². The number of imide groups is 1. The van der Waals surface area contributed by atoms with Crippen LogP contribution in [0.15, 0.2) is 54.8 Å². The van der Waals surface area contributed by atoms with Crippen molar-refractivity contribution in [1.82, 2.24) is 10.2 Å². The fraction of sp³-hybridized carbons (Fsp3) is 0.136. The minimum atomic E-state index is -0.514. The number of ether oxygens (including phenoxy) is 2. The zero-order valence-corrected chi connectivity index (χ0v) is 16.9. The molecular formula is C22H18ClN3O4. The number of hydrogen-bond acceptors (Lipinski definition) is 5. The third kappa shape index (κ3) is 4.29. The zero-order valence-electron chi connectivity index (χ0n) is 16.1. The maximum Gasteiger partial charge on any atom is 0.329 e. The van der Waals surface area contributed by atoms with Crippen molar-refractivity contribution in [3.8, 4) is 17.6 Å².